The first kappa shape index (κ1) is 13.4. The van der Waals surface area contributed by atoms with Gasteiger partial charge in [0, 0.05) is 5.56 Å². The molecule has 104 valence electrons. The molecule has 0 atom stereocenters. The fourth-order valence-corrected chi connectivity index (χ4v) is 2.63. The molecule has 0 fully saturated rings. The van der Waals surface area contributed by atoms with Crippen LogP contribution in [0, 0.1) is 6.92 Å². The van der Waals surface area contributed by atoms with Gasteiger partial charge in [0.15, 0.2) is 0 Å². The van der Waals surface area contributed by atoms with Gasteiger partial charge in [-0.05, 0) is 41.3 Å². The summed E-state index contributed by atoms with van der Waals surface area (Å²) in [5.41, 5.74) is 5.99. The highest BCUT2D eigenvalue weighted by Gasteiger charge is 2.10. The van der Waals surface area contributed by atoms with Crippen molar-refractivity contribution in [2.24, 2.45) is 0 Å². The summed E-state index contributed by atoms with van der Waals surface area (Å²) in [5.74, 6) is 0.908. The summed E-state index contributed by atoms with van der Waals surface area (Å²) in [6, 6.07) is 25.1. The number of benzene rings is 3. The van der Waals surface area contributed by atoms with Crippen LogP contribution in [0.1, 0.15) is 5.56 Å². The number of methoxy groups -OCH3 is 1. The van der Waals surface area contributed by atoms with Crippen LogP contribution >= 0.6 is 0 Å². The van der Waals surface area contributed by atoms with E-state index in [0.717, 1.165) is 11.3 Å². The van der Waals surface area contributed by atoms with E-state index in [4.69, 9.17) is 4.74 Å². The molecular weight excluding hydrogens is 256 g/mol. The van der Waals surface area contributed by atoms with Crippen molar-refractivity contribution in [1.29, 1.82) is 0 Å². The zero-order chi connectivity index (χ0) is 14.7. The second kappa shape index (κ2) is 5.84. The summed E-state index contributed by atoms with van der Waals surface area (Å²) in [5, 5.41) is 0. The molecular formula is C20H18O. The van der Waals surface area contributed by atoms with Crippen molar-refractivity contribution in [1.82, 2.24) is 0 Å². The second-order valence-corrected chi connectivity index (χ2v) is 5.10. The number of ether oxygens (including phenoxy) is 1. The maximum absolute atomic E-state index is 5.62. The maximum Gasteiger partial charge on any atom is 0.127 e. The molecule has 3 rings (SSSR count). The predicted molar refractivity (Wildman–Crippen MR) is 88.6 cm³/mol. The minimum Gasteiger partial charge on any atom is -0.496 e. The van der Waals surface area contributed by atoms with Crippen LogP contribution in [0.3, 0.4) is 0 Å². The predicted octanol–water partition coefficient (Wildman–Crippen LogP) is 5.34. The molecule has 0 aliphatic heterocycles. The second-order valence-electron chi connectivity index (χ2n) is 5.10. The molecule has 0 aliphatic carbocycles. The fourth-order valence-electron chi connectivity index (χ4n) is 2.63. The Balaban J connectivity index is 2.16. The topological polar surface area (TPSA) is 9.23 Å². The van der Waals surface area contributed by atoms with Gasteiger partial charge in [-0.2, -0.15) is 0 Å². The smallest absolute Gasteiger partial charge is 0.127 e. The van der Waals surface area contributed by atoms with E-state index in [0.29, 0.717) is 0 Å². The Morgan fingerprint density at radius 2 is 1.19 bits per heavy atom. The van der Waals surface area contributed by atoms with E-state index < -0.39 is 0 Å². The minimum absolute atomic E-state index is 0.908. The van der Waals surface area contributed by atoms with Gasteiger partial charge >= 0.3 is 0 Å². The molecule has 0 spiro atoms. The molecule has 1 heteroatoms. The summed E-state index contributed by atoms with van der Waals surface area (Å²) < 4.78 is 5.62. The van der Waals surface area contributed by atoms with Crippen LogP contribution in [-0.2, 0) is 0 Å². The molecule has 0 N–H and O–H groups in total. The standard InChI is InChI=1S/C20H18O/c1-15-13-19(17-11-7-4-8-12-17)20(21-2)14-18(15)16-9-5-3-6-10-16/h3-14H,1-2H3. The molecule has 0 bridgehead atoms. The van der Waals surface area contributed by atoms with Crippen LogP contribution in [0.25, 0.3) is 22.3 Å². The zero-order valence-corrected chi connectivity index (χ0v) is 12.3. The van der Waals surface area contributed by atoms with Gasteiger partial charge in [-0.25, -0.2) is 0 Å². The zero-order valence-electron chi connectivity index (χ0n) is 12.3. The molecule has 0 saturated carbocycles. The molecule has 0 heterocycles. The normalized spacial score (nSPS) is 10.4. The van der Waals surface area contributed by atoms with Crippen LogP contribution in [0.15, 0.2) is 72.8 Å². The van der Waals surface area contributed by atoms with Gasteiger partial charge in [0.1, 0.15) is 5.75 Å². The summed E-state index contributed by atoms with van der Waals surface area (Å²) >= 11 is 0. The van der Waals surface area contributed by atoms with Gasteiger partial charge in [-0.3, -0.25) is 0 Å². The van der Waals surface area contributed by atoms with E-state index in [9.17, 15) is 0 Å². The first-order valence-corrected chi connectivity index (χ1v) is 7.09. The van der Waals surface area contributed by atoms with Gasteiger partial charge in [-0.1, -0.05) is 60.7 Å². The summed E-state index contributed by atoms with van der Waals surface area (Å²) in [6.45, 7) is 2.15. The molecule has 0 amide bonds. The van der Waals surface area contributed by atoms with Crippen molar-refractivity contribution in [3.8, 4) is 28.0 Å². The minimum atomic E-state index is 0.908. The Hall–Kier alpha value is -2.54. The van der Waals surface area contributed by atoms with Crippen molar-refractivity contribution < 1.29 is 4.74 Å². The van der Waals surface area contributed by atoms with Crippen molar-refractivity contribution in [2.45, 2.75) is 6.92 Å². The number of aryl methyl sites for hydroxylation is 1. The largest absolute Gasteiger partial charge is 0.496 e. The lowest BCUT2D eigenvalue weighted by atomic mass is 9.95. The van der Waals surface area contributed by atoms with E-state index in [1.54, 1.807) is 7.11 Å². The van der Waals surface area contributed by atoms with E-state index in [2.05, 4.69) is 67.6 Å². The Morgan fingerprint density at radius 3 is 1.71 bits per heavy atom. The fraction of sp³-hybridized carbons (Fsp3) is 0.100. The highest BCUT2D eigenvalue weighted by atomic mass is 16.5. The van der Waals surface area contributed by atoms with Crippen molar-refractivity contribution in [3.63, 3.8) is 0 Å². The van der Waals surface area contributed by atoms with Gasteiger partial charge in [0.05, 0.1) is 7.11 Å². The third-order valence-electron chi connectivity index (χ3n) is 3.72. The van der Waals surface area contributed by atoms with Crippen LogP contribution in [0.4, 0.5) is 0 Å². The van der Waals surface area contributed by atoms with E-state index in [1.807, 2.05) is 12.1 Å². The quantitative estimate of drug-likeness (QED) is 0.626. The molecule has 0 unspecified atom stereocenters. The highest BCUT2D eigenvalue weighted by molar-refractivity contribution is 5.78. The third kappa shape index (κ3) is 2.68. The lowest BCUT2D eigenvalue weighted by molar-refractivity contribution is 0.416. The monoisotopic (exact) mass is 274 g/mol. The van der Waals surface area contributed by atoms with E-state index >= 15 is 0 Å². The molecule has 1 nitrogen and oxygen atoms in total. The molecule has 21 heavy (non-hydrogen) atoms. The van der Waals surface area contributed by atoms with Gasteiger partial charge in [-0.15, -0.1) is 0 Å². The molecule has 0 radical (unpaired) electrons. The van der Waals surface area contributed by atoms with Gasteiger partial charge < -0.3 is 4.74 Å². The lowest BCUT2D eigenvalue weighted by Crippen LogP contribution is -1.92. The molecule has 3 aromatic rings. The van der Waals surface area contributed by atoms with Crippen LogP contribution in [0.5, 0.6) is 5.75 Å². The number of rotatable bonds is 3. The Labute approximate surface area is 125 Å². The van der Waals surface area contributed by atoms with Crippen molar-refractivity contribution >= 4 is 0 Å². The van der Waals surface area contributed by atoms with Crippen LogP contribution in [-0.4, -0.2) is 7.11 Å². The summed E-state index contributed by atoms with van der Waals surface area (Å²) in [6.07, 6.45) is 0. The molecule has 0 aliphatic rings. The number of hydrogen-bond acceptors (Lipinski definition) is 1. The average Bonchev–Trinajstić information content (AvgIpc) is 2.56. The van der Waals surface area contributed by atoms with Crippen molar-refractivity contribution in [3.05, 3.63) is 78.4 Å². The Kier molecular flexibility index (Phi) is 3.74. The summed E-state index contributed by atoms with van der Waals surface area (Å²) in [4.78, 5) is 0. The van der Waals surface area contributed by atoms with Gasteiger partial charge in [0.25, 0.3) is 0 Å². The molecule has 0 saturated heterocycles. The average molecular weight is 274 g/mol. The molecule has 0 aromatic heterocycles. The van der Waals surface area contributed by atoms with Crippen molar-refractivity contribution in [2.75, 3.05) is 7.11 Å². The van der Waals surface area contributed by atoms with Crippen LogP contribution < -0.4 is 4.74 Å². The Morgan fingerprint density at radius 1 is 0.667 bits per heavy atom. The number of hydrogen-bond donors (Lipinski definition) is 0. The first-order chi connectivity index (χ1) is 10.3. The van der Waals surface area contributed by atoms with E-state index in [1.165, 1.54) is 22.3 Å². The maximum atomic E-state index is 5.62. The summed E-state index contributed by atoms with van der Waals surface area (Å²) in [7, 11) is 1.73. The van der Waals surface area contributed by atoms with E-state index in [-0.39, 0.29) is 0 Å². The Bertz CT molecular complexity index is 731. The highest BCUT2D eigenvalue weighted by Crippen LogP contribution is 2.36. The molecule has 3 aromatic carbocycles. The van der Waals surface area contributed by atoms with Gasteiger partial charge in [0.2, 0.25) is 0 Å². The lowest BCUT2D eigenvalue weighted by Gasteiger charge is -2.14. The third-order valence-corrected chi connectivity index (χ3v) is 3.72. The first-order valence-electron chi connectivity index (χ1n) is 7.09. The SMILES string of the molecule is COc1cc(-c2ccccc2)c(C)cc1-c1ccccc1. The van der Waals surface area contributed by atoms with Crippen LogP contribution in [0.2, 0.25) is 0 Å².